The number of nitrogens with zero attached hydrogens (tertiary/aromatic N) is 1. The van der Waals surface area contributed by atoms with Gasteiger partial charge in [0.05, 0.1) is 16.3 Å². The highest BCUT2D eigenvalue weighted by Gasteiger charge is 2.45. The highest BCUT2D eigenvalue weighted by Crippen LogP contribution is 2.49. The lowest BCUT2D eigenvalue weighted by Gasteiger charge is -2.37. The third kappa shape index (κ3) is 3.80. The third-order valence-corrected chi connectivity index (χ3v) is 8.13. The molecule has 0 bridgehead atoms. The van der Waals surface area contributed by atoms with Gasteiger partial charge in [-0.15, -0.1) is 0 Å². The summed E-state index contributed by atoms with van der Waals surface area (Å²) in [4.78, 5) is 13.7. The smallest absolute Gasteiger partial charge is 0.265 e. The molecule has 7 heteroatoms. The lowest BCUT2D eigenvalue weighted by molar-refractivity contribution is -0.118. The van der Waals surface area contributed by atoms with Gasteiger partial charge in [-0.05, 0) is 53.8 Å². The van der Waals surface area contributed by atoms with E-state index in [4.69, 9.17) is 0 Å². The van der Waals surface area contributed by atoms with Gasteiger partial charge in [-0.1, -0.05) is 56.3 Å². The predicted octanol–water partition coefficient (Wildman–Crippen LogP) is 5.83. The summed E-state index contributed by atoms with van der Waals surface area (Å²) < 4.78 is 43.5. The Labute approximate surface area is 199 Å². The van der Waals surface area contributed by atoms with Crippen molar-refractivity contribution in [2.75, 3.05) is 9.62 Å². The van der Waals surface area contributed by atoms with Gasteiger partial charge in [-0.25, -0.2) is 12.8 Å². The SMILES string of the molecule is CC1(C)CC(=O)C2=C(C1)Nc1ccccc1N(S(=O)(=O)c1ccccc1)C2c1ccc(F)cc1. The Hall–Kier alpha value is -3.45. The van der Waals surface area contributed by atoms with Crippen molar-refractivity contribution in [3.8, 4) is 0 Å². The maximum absolute atomic E-state index is 14.2. The van der Waals surface area contributed by atoms with Crippen LogP contribution >= 0.6 is 0 Å². The van der Waals surface area contributed by atoms with Crippen molar-refractivity contribution in [2.24, 2.45) is 5.41 Å². The number of rotatable bonds is 3. The van der Waals surface area contributed by atoms with Gasteiger partial charge in [0, 0.05) is 17.7 Å². The minimum absolute atomic E-state index is 0.115. The largest absolute Gasteiger partial charge is 0.357 e. The molecule has 1 unspecified atom stereocenters. The van der Waals surface area contributed by atoms with Crippen LogP contribution < -0.4 is 9.62 Å². The van der Waals surface area contributed by atoms with E-state index < -0.39 is 21.9 Å². The summed E-state index contributed by atoms with van der Waals surface area (Å²) in [6.45, 7) is 4.05. The van der Waals surface area contributed by atoms with E-state index in [0.29, 0.717) is 41.1 Å². The first-order valence-corrected chi connectivity index (χ1v) is 12.6. The monoisotopic (exact) mass is 476 g/mol. The van der Waals surface area contributed by atoms with E-state index >= 15 is 0 Å². The minimum atomic E-state index is -4.10. The molecule has 1 aliphatic carbocycles. The lowest BCUT2D eigenvalue weighted by Crippen LogP contribution is -2.39. The molecule has 5 rings (SSSR count). The van der Waals surface area contributed by atoms with Crippen LogP contribution in [0.4, 0.5) is 15.8 Å². The molecule has 0 radical (unpaired) electrons. The Balaban J connectivity index is 1.84. The lowest BCUT2D eigenvalue weighted by atomic mass is 9.73. The Morgan fingerprint density at radius 1 is 0.912 bits per heavy atom. The first kappa shape index (κ1) is 22.3. The molecule has 34 heavy (non-hydrogen) atoms. The van der Waals surface area contributed by atoms with E-state index in [9.17, 15) is 17.6 Å². The summed E-state index contributed by atoms with van der Waals surface area (Å²) in [5.41, 5.74) is 2.39. The molecule has 0 saturated heterocycles. The Bertz CT molecular complexity index is 1400. The number of anilines is 2. The fraction of sp³-hybridized carbons (Fsp3) is 0.222. The number of benzene rings is 3. The molecule has 0 spiro atoms. The summed E-state index contributed by atoms with van der Waals surface area (Å²) in [6, 6.07) is 20.1. The molecule has 3 aromatic carbocycles. The summed E-state index contributed by atoms with van der Waals surface area (Å²) in [7, 11) is -4.10. The van der Waals surface area contributed by atoms with Gasteiger partial charge in [-0.3, -0.25) is 9.10 Å². The number of carbonyl (C=O) groups is 1. The molecular weight excluding hydrogens is 451 g/mol. The molecule has 3 aromatic rings. The van der Waals surface area contributed by atoms with Crippen LogP contribution in [-0.4, -0.2) is 14.2 Å². The van der Waals surface area contributed by atoms with Crippen LogP contribution in [0.3, 0.4) is 0 Å². The van der Waals surface area contributed by atoms with E-state index in [0.717, 1.165) is 0 Å². The quantitative estimate of drug-likeness (QED) is 0.516. The Morgan fingerprint density at radius 2 is 1.56 bits per heavy atom. The molecule has 1 atom stereocenters. The number of hydrogen-bond donors (Lipinski definition) is 1. The van der Waals surface area contributed by atoms with Gasteiger partial charge in [0.25, 0.3) is 10.0 Å². The van der Waals surface area contributed by atoms with Crippen LogP contribution in [0, 0.1) is 11.2 Å². The zero-order valence-electron chi connectivity index (χ0n) is 19.0. The molecule has 1 heterocycles. The highest BCUT2D eigenvalue weighted by molar-refractivity contribution is 7.92. The molecule has 174 valence electrons. The molecule has 0 saturated carbocycles. The van der Waals surface area contributed by atoms with E-state index in [1.54, 1.807) is 54.6 Å². The van der Waals surface area contributed by atoms with Crippen molar-refractivity contribution < 1.29 is 17.6 Å². The molecule has 5 nitrogen and oxygen atoms in total. The van der Waals surface area contributed by atoms with Gasteiger partial charge >= 0.3 is 0 Å². The Kier molecular flexibility index (Phi) is 5.32. The second-order valence-electron chi connectivity index (χ2n) is 9.54. The normalized spacial score (nSPS) is 19.7. The van der Waals surface area contributed by atoms with Crippen LogP contribution in [0.15, 0.2) is 95.0 Å². The number of sulfonamides is 1. The fourth-order valence-electron chi connectivity index (χ4n) is 4.88. The second kappa shape index (κ2) is 8.09. The van der Waals surface area contributed by atoms with Crippen LogP contribution in [-0.2, 0) is 14.8 Å². The van der Waals surface area contributed by atoms with Gasteiger partial charge in [0.15, 0.2) is 5.78 Å². The van der Waals surface area contributed by atoms with E-state index in [1.165, 1.54) is 16.4 Å². The van der Waals surface area contributed by atoms with Crippen molar-refractivity contribution in [3.63, 3.8) is 0 Å². The number of hydrogen-bond acceptors (Lipinski definition) is 4. The van der Waals surface area contributed by atoms with Gasteiger partial charge in [-0.2, -0.15) is 0 Å². The molecule has 1 N–H and O–H groups in total. The first-order chi connectivity index (χ1) is 16.2. The average molecular weight is 477 g/mol. The number of nitrogens with one attached hydrogen (secondary N) is 1. The molecular formula is C27H25FN2O3S. The minimum Gasteiger partial charge on any atom is -0.357 e. The molecule has 2 aliphatic rings. The van der Waals surface area contributed by atoms with Gasteiger partial charge < -0.3 is 5.32 Å². The van der Waals surface area contributed by atoms with Crippen molar-refractivity contribution in [1.82, 2.24) is 0 Å². The predicted molar refractivity (Wildman–Crippen MR) is 130 cm³/mol. The summed E-state index contributed by atoms with van der Waals surface area (Å²) in [6.07, 6.45) is 0.875. The maximum Gasteiger partial charge on any atom is 0.265 e. The summed E-state index contributed by atoms with van der Waals surface area (Å²) in [5.74, 6) is -0.548. The highest BCUT2D eigenvalue weighted by atomic mass is 32.2. The molecule has 0 fully saturated rings. The number of Topliss-reactive ketones (excluding diaryl/α,β-unsaturated/α-hetero) is 1. The zero-order valence-corrected chi connectivity index (χ0v) is 19.8. The first-order valence-electron chi connectivity index (χ1n) is 11.1. The summed E-state index contributed by atoms with van der Waals surface area (Å²) >= 11 is 0. The topological polar surface area (TPSA) is 66.5 Å². The molecule has 1 aliphatic heterocycles. The van der Waals surface area contributed by atoms with E-state index in [-0.39, 0.29) is 16.1 Å². The van der Waals surface area contributed by atoms with E-state index in [2.05, 4.69) is 5.32 Å². The van der Waals surface area contributed by atoms with Gasteiger partial charge in [0.1, 0.15) is 11.9 Å². The van der Waals surface area contributed by atoms with E-state index in [1.807, 2.05) is 26.0 Å². The fourth-order valence-corrected chi connectivity index (χ4v) is 6.53. The molecule has 0 amide bonds. The van der Waals surface area contributed by atoms with Crippen molar-refractivity contribution in [3.05, 3.63) is 102 Å². The molecule has 0 aromatic heterocycles. The van der Waals surface area contributed by atoms with Crippen LogP contribution in [0.25, 0.3) is 0 Å². The number of halogens is 1. The van der Waals surface area contributed by atoms with Crippen LogP contribution in [0.1, 0.15) is 38.3 Å². The number of allylic oxidation sites excluding steroid dienone is 1. The second-order valence-corrected chi connectivity index (χ2v) is 11.4. The van der Waals surface area contributed by atoms with Crippen LogP contribution in [0.2, 0.25) is 0 Å². The maximum atomic E-state index is 14.2. The standard InChI is InChI=1S/C27H25FN2O3S/c1-27(2)16-22-25(24(31)17-27)26(18-12-14-19(28)15-13-18)30(23-11-7-6-10-21(23)29-22)34(32,33)20-8-4-3-5-9-20/h3-15,26,29H,16-17H2,1-2H3. The average Bonchev–Trinajstić information content (AvgIpc) is 2.94. The van der Waals surface area contributed by atoms with Crippen molar-refractivity contribution in [2.45, 2.75) is 37.6 Å². The number of ketones is 1. The summed E-state index contributed by atoms with van der Waals surface area (Å²) in [5, 5.41) is 3.39. The Morgan fingerprint density at radius 3 is 2.26 bits per heavy atom. The number of fused-ring (bicyclic) bond motifs is 1. The third-order valence-electron chi connectivity index (χ3n) is 6.34. The van der Waals surface area contributed by atoms with Crippen LogP contribution in [0.5, 0.6) is 0 Å². The number of carbonyl (C=O) groups excluding carboxylic acids is 1. The number of para-hydroxylation sites is 2. The van der Waals surface area contributed by atoms with Crippen molar-refractivity contribution in [1.29, 1.82) is 0 Å². The van der Waals surface area contributed by atoms with Gasteiger partial charge in [0.2, 0.25) is 0 Å². The zero-order chi connectivity index (χ0) is 24.1. The van der Waals surface area contributed by atoms with Crippen molar-refractivity contribution >= 4 is 27.2 Å².